The van der Waals surface area contributed by atoms with Crippen molar-refractivity contribution in [2.24, 2.45) is 0 Å². The Hall–Kier alpha value is -1.66. The van der Waals surface area contributed by atoms with E-state index in [4.69, 9.17) is 4.74 Å². The Bertz CT molecular complexity index is 770. The van der Waals surface area contributed by atoms with E-state index in [9.17, 15) is 8.42 Å². The van der Waals surface area contributed by atoms with Crippen LogP contribution in [0.5, 0.6) is 5.88 Å². The van der Waals surface area contributed by atoms with Crippen molar-refractivity contribution in [1.82, 2.24) is 10.3 Å². The lowest BCUT2D eigenvalue weighted by Crippen LogP contribution is -2.41. The van der Waals surface area contributed by atoms with Crippen LogP contribution in [0.15, 0.2) is 30.3 Å². The van der Waals surface area contributed by atoms with E-state index >= 15 is 0 Å². The summed E-state index contributed by atoms with van der Waals surface area (Å²) >= 11 is 0. The molecule has 6 heteroatoms. The van der Waals surface area contributed by atoms with Gasteiger partial charge in [-0.3, -0.25) is 0 Å². The summed E-state index contributed by atoms with van der Waals surface area (Å²) in [5.74, 6) is 0.559. The lowest BCUT2D eigenvalue weighted by molar-refractivity contribution is 0.391. The first kappa shape index (κ1) is 16.7. The fraction of sp³-hybridized carbons (Fsp3) is 0.438. The summed E-state index contributed by atoms with van der Waals surface area (Å²) in [6.07, 6.45) is 1.26. The van der Waals surface area contributed by atoms with Gasteiger partial charge in [0.25, 0.3) is 0 Å². The van der Waals surface area contributed by atoms with E-state index in [1.54, 1.807) is 21.0 Å². The third-order valence-corrected chi connectivity index (χ3v) is 5.98. The molecule has 5 nitrogen and oxygen atoms in total. The Balaban J connectivity index is 2.18. The maximum absolute atomic E-state index is 11.7. The zero-order chi connectivity index (χ0) is 16.4. The maximum atomic E-state index is 11.7. The van der Waals surface area contributed by atoms with Gasteiger partial charge in [0.15, 0.2) is 9.84 Å². The second kappa shape index (κ2) is 6.22. The van der Waals surface area contributed by atoms with Crippen molar-refractivity contribution in [2.45, 2.75) is 25.1 Å². The fourth-order valence-corrected chi connectivity index (χ4v) is 2.44. The van der Waals surface area contributed by atoms with E-state index in [1.807, 2.05) is 30.3 Å². The molecule has 0 unspecified atom stereocenters. The highest BCUT2D eigenvalue weighted by Gasteiger charge is 2.29. The molecule has 0 atom stereocenters. The topological polar surface area (TPSA) is 68.3 Å². The second-order valence-corrected chi connectivity index (χ2v) is 8.63. The number of rotatable bonds is 6. The van der Waals surface area contributed by atoms with E-state index in [1.165, 1.54) is 6.26 Å². The van der Waals surface area contributed by atoms with E-state index in [2.05, 4.69) is 10.3 Å². The van der Waals surface area contributed by atoms with Crippen LogP contribution in [0.4, 0.5) is 0 Å². The van der Waals surface area contributed by atoms with Gasteiger partial charge in [0.05, 0.1) is 17.4 Å². The normalized spacial score (nSPS) is 12.5. The van der Waals surface area contributed by atoms with Crippen molar-refractivity contribution in [1.29, 1.82) is 0 Å². The molecule has 1 aromatic carbocycles. The zero-order valence-corrected chi connectivity index (χ0v) is 14.2. The quantitative estimate of drug-likeness (QED) is 0.882. The zero-order valence-electron chi connectivity index (χ0n) is 13.4. The summed E-state index contributed by atoms with van der Waals surface area (Å²) in [6.45, 7) is 4.29. The minimum absolute atomic E-state index is 0.363. The Kier molecular flexibility index (Phi) is 4.72. The van der Waals surface area contributed by atoms with Crippen LogP contribution in [0.25, 0.3) is 10.9 Å². The lowest BCUT2D eigenvalue weighted by Gasteiger charge is -2.23. The first-order valence-electron chi connectivity index (χ1n) is 7.07. The van der Waals surface area contributed by atoms with Gasteiger partial charge in [0.2, 0.25) is 5.88 Å². The molecule has 0 aliphatic rings. The van der Waals surface area contributed by atoms with Crippen molar-refractivity contribution >= 4 is 20.7 Å². The third-order valence-electron chi connectivity index (χ3n) is 3.83. The highest BCUT2D eigenvalue weighted by atomic mass is 32.2. The first-order chi connectivity index (χ1) is 10.2. The molecule has 0 aliphatic carbocycles. The Morgan fingerprint density at radius 2 is 1.95 bits per heavy atom. The number of nitrogens with one attached hydrogen (secondary N) is 1. The number of hydrogen-bond acceptors (Lipinski definition) is 5. The summed E-state index contributed by atoms with van der Waals surface area (Å²) in [6, 6.07) is 9.83. The fourth-order valence-electron chi connectivity index (χ4n) is 2.07. The van der Waals surface area contributed by atoms with Crippen LogP contribution in [0.3, 0.4) is 0 Å². The van der Waals surface area contributed by atoms with E-state index < -0.39 is 14.6 Å². The number of para-hydroxylation sites is 1. The average molecular weight is 322 g/mol. The van der Waals surface area contributed by atoms with E-state index in [0.29, 0.717) is 19.0 Å². The van der Waals surface area contributed by atoms with Gasteiger partial charge < -0.3 is 10.1 Å². The third kappa shape index (κ3) is 3.56. The Labute approximate surface area is 131 Å². The minimum Gasteiger partial charge on any atom is -0.481 e. The van der Waals surface area contributed by atoms with Crippen LogP contribution in [-0.4, -0.2) is 38.1 Å². The molecule has 0 bridgehead atoms. The lowest BCUT2D eigenvalue weighted by atomic mass is 10.1. The predicted molar refractivity (Wildman–Crippen MR) is 88.9 cm³/mol. The highest BCUT2D eigenvalue weighted by Crippen LogP contribution is 2.22. The summed E-state index contributed by atoms with van der Waals surface area (Å²) < 4.78 is 28.0. The van der Waals surface area contributed by atoms with Crippen LogP contribution in [0.2, 0.25) is 0 Å². The number of nitrogens with zero attached hydrogens (tertiary/aromatic N) is 1. The number of benzene rings is 1. The maximum Gasteiger partial charge on any atom is 0.218 e. The molecule has 120 valence electrons. The monoisotopic (exact) mass is 322 g/mol. The largest absolute Gasteiger partial charge is 0.481 e. The van der Waals surface area contributed by atoms with Crippen LogP contribution < -0.4 is 10.1 Å². The molecular formula is C16H22N2O3S. The van der Waals surface area contributed by atoms with Gasteiger partial charge in [-0.2, -0.15) is 0 Å². The second-order valence-electron chi connectivity index (χ2n) is 5.98. The SMILES string of the molecule is COc1nc2ccccc2cc1CNCC(C)(C)S(C)(=O)=O. The van der Waals surface area contributed by atoms with Crippen LogP contribution in [-0.2, 0) is 16.4 Å². The molecule has 2 aromatic rings. The summed E-state index contributed by atoms with van der Waals surface area (Å²) in [7, 11) is -1.53. The Morgan fingerprint density at radius 1 is 1.27 bits per heavy atom. The highest BCUT2D eigenvalue weighted by molar-refractivity contribution is 7.92. The van der Waals surface area contributed by atoms with Gasteiger partial charge in [-0.25, -0.2) is 13.4 Å². The molecule has 0 spiro atoms. The van der Waals surface area contributed by atoms with Crippen molar-refractivity contribution < 1.29 is 13.2 Å². The number of hydrogen-bond donors (Lipinski definition) is 1. The number of methoxy groups -OCH3 is 1. The number of sulfone groups is 1. The van der Waals surface area contributed by atoms with Gasteiger partial charge >= 0.3 is 0 Å². The summed E-state index contributed by atoms with van der Waals surface area (Å²) in [5, 5.41) is 4.22. The molecule has 1 heterocycles. The number of pyridine rings is 1. The molecule has 2 rings (SSSR count). The predicted octanol–water partition coefficient (Wildman–Crippen LogP) is 2.16. The van der Waals surface area contributed by atoms with Crippen LogP contribution >= 0.6 is 0 Å². The smallest absolute Gasteiger partial charge is 0.218 e. The molecule has 0 saturated heterocycles. The molecule has 0 amide bonds. The number of ether oxygens (including phenoxy) is 1. The minimum atomic E-state index is -3.12. The van der Waals surface area contributed by atoms with Crippen molar-refractivity contribution in [3.8, 4) is 5.88 Å². The molecule has 0 aliphatic heterocycles. The molecule has 22 heavy (non-hydrogen) atoms. The van der Waals surface area contributed by atoms with E-state index in [0.717, 1.165) is 16.5 Å². The molecular weight excluding hydrogens is 300 g/mol. The summed E-state index contributed by atoms with van der Waals surface area (Å²) in [5.41, 5.74) is 1.78. The van der Waals surface area contributed by atoms with Crippen molar-refractivity contribution in [2.75, 3.05) is 19.9 Å². The van der Waals surface area contributed by atoms with Gasteiger partial charge in [0.1, 0.15) is 0 Å². The summed E-state index contributed by atoms with van der Waals surface area (Å²) in [4.78, 5) is 4.48. The Morgan fingerprint density at radius 3 is 2.59 bits per heavy atom. The van der Waals surface area contributed by atoms with Crippen molar-refractivity contribution in [3.63, 3.8) is 0 Å². The number of aromatic nitrogens is 1. The molecule has 0 radical (unpaired) electrons. The van der Waals surface area contributed by atoms with Crippen molar-refractivity contribution in [3.05, 3.63) is 35.9 Å². The number of fused-ring (bicyclic) bond motifs is 1. The molecule has 0 saturated carbocycles. The molecule has 1 aromatic heterocycles. The van der Waals surface area contributed by atoms with Gasteiger partial charge in [-0.1, -0.05) is 18.2 Å². The van der Waals surface area contributed by atoms with Gasteiger partial charge in [-0.15, -0.1) is 0 Å². The average Bonchev–Trinajstić information content (AvgIpc) is 2.45. The van der Waals surface area contributed by atoms with Gasteiger partial charge in [-0.05, 0) is 26.0 Å². The first-order valence-corrected chi connectivity index (χ1v) is 8.97. The molecule has 1 N–H and O–H groups in total. The standard InChI is InChI=1S/C16H22N2O3S/c1-16(2,22(4,19)20)11-17-10-13-9-12-7-5-6-8-14(12)18-15(13)21-3/h5-9,17H,10-11H2,1-4H3. The van der Waals surface area contributed by atoms with Gasteiger partial charge in [0, 0.05) is 30.3 Å². The van der Waals surface area contributed by atoms with Crippen LogP contribution in [0, 0.1) is 0 Å². The van der Waals surface area contributed by atoms with Crippen LogP contribution in [0.1, 0.15) is 19.4 Å². The molecule has 0 fully saturated rings. The van der Waals surface area contributed by atoms with E-state index in [-0.39, 0.29) is 0 Å².